The third-order valence-corrected chi connectivity index (χ3v) is 5.34. The Bertz CT molecular complexity index is 538. The van der Waals surface area contributed by atoms with Crippen molar-refractivity contribution < 1.29 is 24.3 Å². The standard InChI is InChI=1S/C17H31O5P/c1-8-22-23(19,20,21)11-12-9-13(16(2,3)4)15(18)14(10-12)17(5,6)7/h9-10,18-21H,8,11H2,1-7H3. The molecule has 0 heterocycles. The molecule has 0 amide bonds. The van der Waals surface area contributed by atoms with E-state index >= 15 is 0 Å². The maximum atomic E-state index is 10.6. The van der Waals surface area contributed by atoms with E-state index in [1.54, 1.807) is 19.1 Å². The number of rotatable bonds is 4. The second-order valence-electron chi connectivity index (χ2n) is 8.18. The van der Waals surface area contributed by atoms with Gasteiger partial charge in [-0.1, -0.05) is 0 Å². The molecule has 0 atom stereocenters. The van der Waals surface area contributed by atoms with Gasteiger partial charge in [0, 0.05) is 0 Å². The van der Waals surface area contributed by atoms with E-state index in [0.29, 0.717) is 16.7 Å². The predicted molar refractivity (Wildman–Crippen MR) is 94.4 cm³/mol. The van der Waals surface area contributed by atoms with Crippen molar-refractivity contribution in [3.8, 4) is 5.75 Å². The van der Waals surface area contributed by atoms with E-state index in [1.165, 1.54) is 0 Å². The zero-order valence-electron chi connectivity index (χ0n) is 15.2. The van der Waals surface area contributed by atoms with Gasteiger partial charge in [-0.05, 0) is 0 Å². The second kappa shape index (κ2) is 5.98. The molecule has 0 aromatic heterocycles. The van der Waals surface area contributed by atoms with Crippen LogP contribution < -0.4 is 0 Å². The van der Waals surface area contributed by atoms with Gasteiger partial charge in [0.1, 0.15) is 0 Å². The molecule has 1 rings (SSSR count). The van der Waals surface area contributed by atoms with Crippen LogP contribution in [0.15, 0.2) is 12.1 Å². The van der Waals surface area contributed by atoms with Crippen molar-refractivity contribution in [2.45, 2.75) is 65.5 Å². The molecular weight excluding hydrogens is 315 g/mol. The Morgan fingerprint density at radius 3 is 1.61 bits per heavy atom. The summed E-state index contributed by atoms with van der Waals surface area (Å²) in [6.07, 6.45) is -0.397. The molecule has 1 aromatic carbocycles. The SMILES string of the molecule is CCOP(O)(O)(O)Cc1cc(C(C)(C)C)c(O)c(C(C)(C)C)c1. The molecule has 0 aliphatic rings. The van der Waals surface area contributed by atoms with Crippen LogP contribution in [0.3, 0.4) is 0 Å². The number of hydrogen-bond donors (Lipinski definition) is 4. The van der Waals surface area contributed by atoms with E-state index in [-0.39, 0.29) is 23.2 Å². The van der Waals surface area contributed by atoms with Gasteiger partial charge in [-0.15, -0.1) is 0 Å². The van der Waals surface area contributed by atoms with Gasteiger partial charge in [-0.2, -0.15) is 0 Å². The first-order valence-corrected chi connectivity index (χ1v) is 10.0. The second-order valence-corrected chi connectivity index (χ2v) is 10.9. The summed E-state index contributed by atoms with van der Waals surface area (Å²) >= 11 is 0. The van der Waals surface area contributed by atoms with E-state index in [2.05, 4.69) is 0 Å². The first kappa shape index (κ1) is 20.3. The Balaban J connectivity index is 3.52. The van der Waals surface area contributed by atoms with Gasteiger partial charge in [0.2, 0.25) is 0 Å². The molecule has 5 nitrogen and oxygen atoms in total. The number of aromatic hydroxyl groups is 1. The van der Waals surface area contributed by atoms with Crippen LogP contribution in [0, 0.1) is 0 Å². The molecule has 23 heavy (non-hydrogen) atoms. The molecule has 4 N–H and O–H groups in total. The fraction of sp³-hybridized carbons (Fsp3) is 0.647. The number of phenols is 1. The fourth-order valence-corrected chi connectivity index (χ4v) is 4.00. The van der Waals surface area contributed by atoms with Gasteiger partial charge in [0.05, 0.1) is 0 Å². The first-order valence-electron chi connectivity index (χ1n) is 7.83. The molecule has 0 fully saturated rings. The minimum atomic E-state index is -5.18. The quantitative estimate of drug-likeness (QED) is 0.624. The van der Waals surface area contributed by atoms with E-state index in [9.17, 15) is 19.8 Å². The summed E-state index contributed by atoms with van der Waals surface area (Å²) < 4.78 is 4.84. The van der Waals surface area contributed by atoms with Crippen LogP contribution >= 0.6 is 7.51 Å². The van der Waals surface area contributed by atoms with Gasteiger partial charge in [0.15, 0.2) is 0 Å². The van der Waals surface area contributed by atoms with Crippen molar-refractivity contribution in [1.82, 2.24) is 0 Å². The number of phenolic OH excluding ortho intramolecular Hbond substituents is 1. The van der Waals surface area contributed by atoms with Crippen molar-refractivity contribution in [2.24, 2.45) is 0 Å². The molecule has 134 valence electrons. The topological polar surface area (TPSA) is 90.2 Å². The molecule has 6 heteroatoms. The maximum absolute atomic E-state index is 10.6. The average molecular weight is 346 g/mol. The summed E-state index contributed by atoms with van der Waals surface area (Å²) in [6, 6.07) is 3.40. The van der Waals surface area contributed by atoms with Gasteiger partial charge in [-0.3, -0.25) is 0 Å². The average Bonchev–Trinajstić information content (AvgIpc) is 2.26. The molecule has 0 aliphatic carbocycles. The fourth-order valence-electron chi connectivity index (χ4n) is 2.56. The Labute approximate surface area is 139 Å². The third kappa shape index (κ3) is 5.40. The summed E-state index contributed by atoms with van der Waals surface area (Å²) in [5.74, 6) is 0.208. The van der Waals surface area contributed by atoms with E-state index in [4.69, 9.17) is 4.52 Å². The molecule has 0 aliphatic heterocycles. The van der Waals surface area contributed by atoms with Crippen LogP contribution in [0.25, 0.3) is 0 Å². The van der Waals surface area contributed by atoms with Crippen LogP contribution in [0.5, 0.6) is 5.75 Å². The normalized spacial score (nSPS) is 15.3. The molecule has 1 aromatic rings. The van der Waals surface area contributed by atoms with Crippen molar-refractivity contribution in [3.05, 3.63) is 28.8 Å². The van der Waals surface area contributed by atoms with Gasteiger partial charge in [-0.25, -0.2) is 0 Å². The van der Waals surface area contributed by atoms with Gasteiger partial charge in [0.25, 0.3) is 0 Å². The molecule has 0 saturated carbocycles. The Morgan fingerprint density at radius 1 is 0.913 bits per heavy atom. The molecular formula is C17H31O5P. The van der Waals surface area contributed by atoms with Gasteiger partial charge >= 0.3 is 138 Å². The molecule has 0 saturated heterocycles. The van der Waals surface area contributed by atoms with E-state index in [1.807, 2.05) is 41.5 Å². The summed E-state index contributed by atoms with van der Waals surface area (Å²) in [6.45, 7) is 13.4. The minimum absolute atomic E-state index is 0.00232. The summed E-state index contributed by atoms with van der Waals surface area (Å²) in [4.78, 5) is 30.1. The molecule has 0 bridgehead atoms. The van der Waals surface area contributed by atoms with Gasteiger partial charge < -0.3 is 0 Å². The first-order chi connectivity index (χ1) is 10.0. The third-order valence-electron chi connectivity index (χ3n) is 3.64. The van der Waals surface area contributed by atoms with Crippen molar-refractivity contribution >= 4 is 7.51 Å². The van der Waals surface area contributed by atoms with Crippen molar-refractivity contribution in [2.75, 3.05) is 6.61 Å². The predicted octanol–water partition coefficient (Wildman–Crippen LogP) is 3.71. The zero-order valence-corrected chi connectivity index (χ0v) is 16.1. The van der Waals surface area contributed by atoms with Crippen molar-refractivity contribution in [3.63, 3.8) is 0 Å². The monoisotopic (exact) mass is 346 g/mol. The Kier molecular flexibility index (Phi) is 5.29. The molecule has 0 unspecified atom stereocenters. The van der Waals surface area contributed by atoms with Crippen LogP contribution in [-0.4, -0.2) is 26.4 Å². The van der Waals surface area contributed by atoms with E-state index < -0.39 is 13.7 Å². The van der Waals surface area contributed by atoms with Crippen LogP contribution in [0.2, 0.25) is 0 Å². The molecule has 0 spiro atoms. The number of hydrogen-bond acceptors (Lipinski definition) is 5. The van der Waals surface area contributed by atoms with Crippen LogP contribution in [-0.2, 0) is 21.5 Å². The summed E-state index contributed by atoms with van der Waals surface area (Å²) in [5.41, 5.74) is 1.26. The summed E-state index contributed by atoms with van der Waals surface area (Å²) in [5, 5.41) is 10.6. The van der Waals surface area contributed by atoms with Crippen LogP contribution in [0.1, 0.15) is 65.2 Å². The molecule has 0 radical (unpaired) electrons. The Morgan fingerprint density at radius 2 is 1.30 bits per heavy atom. The van der Waals surface area contributed by atoms with E-state index in [0.717, 1.165) is 0 Å². The Hall–Kier alpha value is -0.710. The number of benzene rings is 1. The van der Waals surface area contributed by atoms with Crippen molar-refractivity contribution in [1.29, 1.82) is 0 Å². The zero-order chi connectivity index (χ0) is 18.3. The van der Waals surface area contributed by atoms with Crippen LogP contribution in [0.4, 0.5) is 0 Å². The summed E-state index contributed by atoms with van der Waals surface area (Å²) in [7, 11) is -5.18.